The zero-order valence-corrected chi connectivity index (χ0v) is 9.71. The lowest BCUT2D eigenvalue weighted by molar-refractivity contribution is -0.119. The summed E-state index contributed by atoms with van der Waals surface area (Å²) >= 11 is 1.52. The molecule has 0 saturated heterocycles. The van der Waals surface area contributed by atoms with Gasteiger partial charge in [0.2, 0.25) is 5.91 Å². The third kappa shape index (κ3) is 3.95. The quantitative estimate of drug-likeness (QED) is 0.695. The molecule has 0 spiro atoms. The van der Waals surface area contributed by atoms with Crippen molar-refractivity contribution < 1.29 is 9.59 Å². The molecule has 1 rings (SSSR count). The second kappa shape index (κ2) is 6.19. The fraction of sp³-hybridized carbons (Fsp3) is 0.444. The number of amides is 3. The Morgan fingerprint density at radius 2 is 2.38 bits per heavy atom. The molecule has 0 fully saturated rings. The number of primary amides is 1. The number of carbonyl (C=O) groups excluding carboxylic acids is 2. The second-order valence-electron chi connectivity index (χ2n) is 3.12. The molecule has 1 heterocycles. The minimum absolute atomic E-state index is 0.0265. The van der Waals surface area contributed by atoms with Crippen molar-refractivity contribution >= 4 is 23.3 Å². The van der Waals surface area contributed by atoms with Gasteiger partial charge in [-0.15, -0.1) is 11.3 Å². The number of carbonyl (C=O) groups is 2. The van der Waals surface area contributed by atoms with Gasteiger partial charge in [0.15, 0.2) is 0 Å². The first-order valence-electron chi connectivity index (χ1n) is 4.85. The van der Waals surface area contributed by atoms with E-state index in [1.54, 1.807) is 6.20 Å². The lowest BCUT2D eigenvalue weighted by Crippen LogP contribution is -2.41. The molecule has 0 saturated carbocycles. The van der Waals surface area contributed by atoms with Crippen molar-refractivity contribution in [2.24, 2.45) is 5.73 Å². The fourth-order valence-electron chi connectivity index (χ4n) is 1.21. The number of urea groups is 1. The number of imide groups is 1. The number of rotatable bonds is 5. The molecule has 16 heavy (non-hydrogen) atoms. The number of hydrogen-bond donors (Lipinski definition) is 3. The molecule has 0 radical (unpaired) electrons. The summed E-state index contributed by atoms with van der Waals surface area (Å²) in [6, 6.07) is -0.812. The van der Waals surface area contributed by atoms with Crippen LogP contribution in [0.5, 0.6) is 0 Å². The molecule has 4 N–H and O–H groups in total. The fourth-order valence-corrected chi connectivity index (χ4v) is 2.01. The van der Waals surface area contributed by atoms with Gasteiger partial charge >= 0.3 is 6.03 Å². The first-order valence-corrected chi connectivity index (χ1v) is 5.73. The minimum atomic E-state index is -0.839. The van der Waals surface area contributed by atoms with Crippen molar-refractivity contribution in [2.75, 3.05) is 6.54 Å². The van der Waals surface area contributed by atoms with Crippen LogP contribution in [0.3, 0.4) is 0 Å². The van der Waals surface area contributed by atoms with Gasteiger partial charge in [-0.05, 0) is 6.42 Å². The lowest BCUT2D eigenvalue weighted by Gasteiger charge is -2.13. The van der Waals surface area contributed by atoms with Gasteiger partial charge in [-0.1, -0.05) is 6.92 Å². The van der Waals surface area contributed by atoms with Crippen molar-refractivity contribution in [1.29, 1.82) is 0 Å². The standard InChI is InChI=1S/C9H14N4O2S/c1-2-6(8-11-3-4-16-8)12-5-7(14)13-9(10)15/h3-4,6,12H,2,5H2,1H3,(H3,10,13,14,15). The van der Waals surface area contributed by atoms with Crippen molar-refractivity contribution in [3.05, 3.63) is 16.6 Å². The second-order valence-corrected chi connectivity index (χ2v) is 4.05. The number of nitrogens with zero attached hydrogens (tertiary/aromatic N) is 1. The molecular formula is C9H14N4O2S. The first kappa shape index (κ1) is 12.6. The van der Waals surface area contributed by atoms with Crippen LogP contribution in [0.2, 0.25) is 0 Å². The Morgan fingerprint density at radius 1 is 1.62 bits per heavy atom. The first-order chi connectivity index (χ1) is 7.63. The van der Waals surface area contributed by atoms with E-state index in [0.717, 1.165) is 11.4 Å². The van der Waals surface area contributed by atoms with Crippen molar-refractivity contribution in [2.45, 2.75) is 19.4 Å². The van der Waals surface area contributed by atoms with E-state index in [4.69, 9.17) is 5.73 Å². The van der Waals surface area contributed by atoms with Gasteiger partial charge in [0.25, 0.3) is 0 Å². The molecule has 1 aromatic rings. The largest absolute Gasteiger partial charge is 0.351 e. The summed E-state index contributed by atoms with van der Waals surface area (Å²) in [5, 5.41) is 7.80. The highest BCUT2D eigenvalue weighted by molar-refractivity contribution is 7.09. The molecule has 0 aliphatic heterocycles. The van der Waals surface area contributed by atoms with Gasteiger partial charge in [0.1, 0.15) is 5.01 Å². The molecule has 1 aromatic heterocycles. The summed E-state index contributed by atoms with van der Waals surface area (Å²) in [5.74, 6) is -0.442. The van der Waals surface area contributed by atoms with E-state index in [1.807, 2.05) is 17.6 Å². The summed E-state index contributed by atoms with van der Waals surface area (Å²) in [4.78, 5) is 25.7. The van der Waals surface area contributed by atoms with Gasteiger partial charge in [0.05, 0.1) is 12.6 Å². The Hall–Kier alpha value is -1.47. The van der Waals surface area contributed by atoms with E-state index in [1.165, 1.54) is 11.3 Å². The van der Waals surface area contributed by atoms with Crippen LogP contribution in [-0.2, 0) is 4.79 Å². The minimum Gasteiger partial charge on any atom is -0.351 e. The zero-order chi connectivity index (χ0) is 12.0. The molecular weight excluding hydrogens is 228 g/mol. The summed E-state index contributed by atoms with van der Waals surface area (Å²) in [6.45, 7) is 2.03. The molecule has 0 aliphatic carbocycles. The van der Waals surface area contributed by atoms with Crippen LogP contribution in [0, 0.1) is 0 Å². The average Bonchev–Trinajstić information content (AvgIpc) is 2.71. The summed E-state index contributed by atoms with van der Waals surface area (Å²) in [5.41, 5.74) is 4.82. The summed E-state index contributed by atoms with van der Waals surface area (Å²) in [6.07, 6.45) is 2.53. The van der Waals surface area contributed by atoms with Crippen molar-refractivity contribution in [1.82, 2.24) is 15.6 Å². The van der Waals surface area contributed by atoms with Crippen LogP contribution in [0.15, 0.2) is 11.6 Å². The lowest BCUT2D eigenvalue weighted by atomic mass is 10.2. The van der Waals surface area contributed by atoms with Gasteiger partial charge in [-0.25, -0.2) is 9.78 Å². The number of nitrogens with one attached hydrogen (secondary N) is 2. The Labute approximate surface area is 97.2 Å². The van der Waals surface area contributed by atoms with E-state index in [9.17, 15) is 9.59 Å². The Bertz CT molecular complexity index is 352. The van der Waals surface area contributed by atoms with Gasteiger partial charge in [0, 0.05) is 11.6 Å². The van der Waals surface area contributed by atoms with E-state index in [0.29, 0.717) is 0 Å². The van der Waals surface area contributed by atoms with Gasteiger partial charge < -0.3 is 5.73 Å². The predicted molar refractivity (Wildman–Crippen MR) is 60.9 cm³/mol. The van der Waals surface area contributed by atoms with E-state index >= 15 is 0 Å². The Morgan fingerprint density at radius 3 is 2.88 bits per heavy atom. The monoisotopic (exact) mass is 242 g/mol. The van der Waals surface area contributed by atoms with Crippen LogP contribution >= 0.6 is 11.3 Å². The number of nitrogens with two attached hydrogens (primary N) is 1. The van der Waals surface area contributed by atoms with Gasteiger partial charge in [-0.3, -0.25) is 15.4 Å². The third-order valence-corrected chi connectivity index (χ3v) is 2.82. The molecule has 7 heteroatoms. The van der Waals surface area contributed by atoms with Crippen LogP contribution < -0.4 is 16.4 Å². The molecule has 1 atom stereocenters. The molecule has 0 aromatic carbocycles. The Kier molecular flexibility index (Phi) is 4.87. The molecule has 88 valence electrons. The van der Waals surface area contributed by atoms with Crippen LogP contribution in [-0.4, -0.2) is 23.5 Å². The highest BCUT2D eigenvalue weighted by atomic mass is 32.1. The highest BCUT2D eigenvalue weighted by Gasteiger charge is 2.13. The Balaban J connectivity index is 2.41. The molecule has 1 unspecified atom stereocenters. The summed E-state index contributed by atoms with van der Waals surface area (Å²) < 4.78 is 0. The highest BCUT2D eigenvalue weighted by Crippen LogP contribution is 2.17. The number of aromatic nitrogens is 1. The normalized spacial score (nSPS) is 12.1. The maximum absolute atomic E-state index is 11.2. The van der Waals surface area contributed by atoms with Crippen LogP contribution in [0.1, 0.15) is 24.4 Å². The molecule has 3 amide bonds. The maximum atomic E-state index is 11.2. The van der Waals surface area contributed by atoms with Crippen molar-refractivity contribution in [3.8, 4) is 0 Å². The average molecular weight is 242 g/mol. The number of thiazole rings is 1. The predicted octanol–water partition coefficient (Wildman–Crippen LogP) is 0.379. The molecule has 0 aliphatic rings. The summed E-state index contributed by atoms with van der Waals surface area (Å²) in [7, 11) is 0. The third-order valence-electron chi connectivity index (χ3n) is 1.93. The van der Waals surface area contributed by atoms with Crippen LogP contribution in [0.4, 0.5) is 4.79 Å². The van der Waals surface area contributed by atoms with E-state index in [-0.39, 0.29) is 12.6 Å². The maximum Gasteiger partial charge on any atom is 0.318 e. The smallest absolute Gasteiger partial charge is 0.318 e. The van der Waals surface area contributed by atoms with E-state index in [2.05, 4.69) is 10.3 Å². The SMILES string of the molecule is CCC(NCC(=O)NC(N)=O)c1nccs1. The van der Waals surface area contributed by atoms with Crippen molar-refractivity contribution in [3.63, 3.8) is 0 Å². The zero-order valence-electron chi connectivity index (χ0n) is 8.90. The topological polar surface area (TPSA) is 97.1 Å². The number of hydrogen-bond acceptors (Lipinski definition) is 5. The molecule has 0 bridgehead atoms. The van der Waals surface area contributed by atoms with Gasteiger partial charge in [-0.2, -0.15) is 0 Å². The van der Waals surface area contributed by atoms with E-state index < -0.39 is 11.9 Å². The van der Waals surface area contributed by atoms with Crippen LogP contribution in [0.25, 0.3) is 0 Å². The molecule has 6 nitrogen and oxygen atoms in total.